The molecular formula is C13H20ClNO. The van der Waals surface area contributed by atoms with Crippen LogP contribution in [0.15, 0.2) is 24.3 Å². The number of hydrogen-bond donors (Lipinski definition) is 2. The molecule has 0 aliphatic heterocycles. The molecule has 0 spiro atoms. The van der Waals surface area contributed by atoms with Crippen LogP contribution in [0.2, 0.25) is 5.02 Å². The Hall–Kier alpha value is -0.570. The SMILES string of the molecule is CC(C)(C)[C@H](N)C[C@@H](O)c1cccc(Cl)c1. The predicted octanol–water partition coefficient (Wildman–Crippen LogP) is 3.14. The Bertz CT molecular complexity index is 346. The fourth-order valence-corrected chi connectivity index (χ4v) is 1.64. The second-order valence-electron chi connectivity index (χ2n) is 5.28. The normalized spacial score (nSPS) is 15.9. The van der Waals surface area contributed by atoms with Crippen molar-refractivity contribution >= 4 is 11.6 Å². The van der Waals surface area contributed by atoms with E-state index in [1.54, 1.807) is 12.1 Å². The maximum absolute atomic E-state index is 10.0. The fourth-order valence-electron chi connectivity index (χ4n) is 1.44. The van der Waals surface area contributed by atoms with Crippen LogP contribution in [0.25, 0.3) is 0 Å². The first-order chi connectivity index (χ1) is 7.30. The van der Waals surface area contributed by atoms with Gasteiger partial charge in [0.25, 0.3) is 0 Å². The van der Waals surface area contributed by atoms with Gasteiger partial charge in [-0.2, -0.15) is 0 Å². The van der Waals surface area contributed by atoms with Crippen LogP contribution in [-0.2, 0) is 0 Å². The molecule has 0 aromatic heterocycles. The molecule has 1 rings (SSSR count). The zero-order valence-electron chi connectivity index (χ0n) is 10.1. The van der Waals surface area contributed by atoms with Gasteiger partial charge in [-0.3, -0.25) is 0 Å². The van der Waals surface area contributed by atoms with E-state index >= 15 is 0 Å². The lowest BCUT2D eigenvalue weighted by Crippen LogP contribution is -2.36. The number of halogens is 1. The summed E-state index contributed by atoms with van der Waals surface area (Å²) in [5.41, 5.74) is 6.86. The summed E-state index contributed by atoms with van der Waals surface area (Å²) in [5.74, 6) is 0. The van der Waals surface area contributed by atoms with Crippen molar-refractivity contribution in [2.24, 2.45) is 11.1 Å². The lowest BCUT2D eigenvalue weighted by Gasteiger charge is -2.29. The molecule has 2 nitrogen and oxygen atoms in total. The molecule has 0 aliphatic rings. The first-order valence-electron chi connectivity index (χ1n) is 5.50. The van der Waals surface area contributed by atoms with Crippen molar-refractivity contribution in [3.8, 4) is 0 Å². The summed E-state index contributed by atoms with van der Waals surface area (Å²) in [7, 11) is 0. The van der Waals surface area contributed by atoms with Gasteiger partial charge in [0.05, 0.1) is 6.10 Å². The zero-order valence-corrected chi connectivity index (χ0v) is 10.8. The van der Waals surface area contributed by atoms with Crippen LogP contribution >= 0.6 is 11.6 Å². The highest BCUT2D eigenvalue weighted by molar-refractivity contribution is 6.30. The van der Waals surface area contributed by atoms with Crippen molar-refractivity contribution in [1.82, 2.24) is 0 Å². The molecule has 90 valence electrons. The molecule has 1 aromatic rings. The molecule has 0 unspecified atom stereocenters. The Balaban J connectivity index is 2.69. The summed E-state index contributed by atoms with van der Waals surface area (Å²) >= 11 is 5.87. The number of benzene rings is 1. The van der Waals surface area contributed by atoms with Gasteiger partial charge >= 0.3 is 0 Å². The van der Waals surface area contributed by atoms with Crippen molar-refractivity contribution in [2.45, 2.75) is 39.3 Å². The van der Waals surface area contributed by atoms with Crippen LogP contribution in [-0.4, -0.2) is 11.1 Å². The average Bonchev–Trinajstić information content (AvgIpc) is 2.16. The summed E-state index contributed by atoms with van der Waals surface area (Å²) < 4.78 is 0. The Morgan fingerprint density at radius 3 is 2.50 bits per heavy atom. The quantitative estimate of drug-likeness (QED) is 0.854. The van der Waals surface area contributed by atoms with Crippen LogP contribution < -0.4 is 5.73 Å². The largest absolute Gasteiger partial charge is 0.388 e. The van der Waals surface area contributed by atoms with Crippen LogP contribution in [0.4, 0.5) is 0 Å². The molecule has 0 amide bonds. The minimum absolute atomic E-state index is 0.000441. The van der Waals surface area contributed by atoms with Gasteiger partial charge in [-0.15, -0.1) is 0 Å². The second kappa shape index (κ2) is 5.17. The molecule has 2 atom stereocenters. The number of aliphatic hydroxyl groups excluding tert-OH is 1. The van der Waals surface area contributed by atoms with Crippen LogP contribution in [0, 0.1) is 5.41 Å². The number of aliphatic hydroxyl groups is 1. The average molecular weight is 242 g/mol. The molecule has 0 bridgehead atoms. The summed E-state index contributed by atoms with van der Waals surface area (Å²) in [4.78, 5) is 0. The van der Waals surface area contributed by atoms with E-state index in [-0.39, 0.29) is 11.5 Å². The van der Waals surface area contributed by atoms with Crippen molar-refractivity contribution in [3.63, 3.8) is 0 Å². The van der Waals surface area contributed by atoms with Crippen LogP contribution in [0.5, 0.6) is 0 Å². The molecule has 0 fully saturated rings. The predicted molar refractivity (Wildman–Crippen MR) is 68.5 cm³/mol. The van der Waals surface area contributed by atoms with E-state index in [0.29, 0.717) is 11.4 Å². The third kappa shape index (κ3) is 3.78. The van der Waals surface area contributed by atoms with Gasteiger partial charge in [0.2, 0.25) is 0 Å². The molecular weight excluding hydrogens is 222 g/mol. The lowest BCUT2D eigenvalue weighted by atomic mass is 9.83. The van der Waals surface area contributed by atoms with Crippen molar-refractivity contribution in [3.05, 3.63) is 34.9 Å². The molecule has 0 saturated carbocycles. The maximum atomic E-state index is 10.0. The van der Waals surface area contributed by atoms with Gasteiger partial charge < -0.3 is 10.8 Å². The highest BCUT2D eigenvalue weighted by atomic mass is 35.5. The third-order valence-corrected chi connectivity index (χ3v) is 3.06. The minimum atomic E-state index is -0.548. The van der Waals surface area contributed by atoms with Gasteiger partial charge in [0, 0.05) is 11.1 Å². The van der Waals surface area contributed by atoms with Crippen molar-refractivity contribution in [2.75, 3.05) is 0 Å². The molecule has 0 aliphatic carbocycles. The third-order valence-electron chi connectivity index (χ3n) is 2.82. The molecule has 3 N–H and O–H groups in total. The topological polar surface area (TPSA) is 46.2 Å². The first-order valence-corrected chi connectivity index (χ1v) is 5.87. The summed E-state index contributed by atoms with van der Waals surface area (Å²) in [6, 6.07) is 7.24. The lowest BCUT2D eigenvalue weighted by molar-refractivity contribution is 0.133. The van der Waals surface area contributed by atoms with Crippen molar-refractivity contribution < 1.29 is 5.11 Å². The van der Waals surface area contributed by atoms with Gasteiger partial charge in [0.1, 0.15) is 0 Å². The maximum Gasteiger partial charge on any atom is 0.0805 e. The Kier molecular flexibility index (Phi) is 4.36. The number of nitrogens with two attached hydrogens (primary N) is 1. The van der Waals surface area contributed by atoms with E-state index in [1.807, 2.05) is 12.1 Å². The van der Waals surface area contributed by atoms with Gasteiger partial charge in [-0.1, -0.05) is 44.5 Å². The van der Waals surface area contributed by atoms with E-state index < -0.39 is 6.10 Å². The van der Waals surface area contributed by atoms with Gasteiger partial charge in [-0.05, 0) is 29.5 Å². The summed E-state index contributed by atoms with van der Waals surface area (Å²) in [5, 5.41) is 10.7. The van der Waals surface area contributed by atoms with E-state index in [4.69, 9.17) is 17.3 Å². The first kappa shape index (κ1) is 13.5. The van der Waals surface area contributed by atoms with E-state index in [0.717, 1.165) is 5.56 Å². The standard InChI is InChI=1S/C13H20ClNO/c1-13(2,3)12(15)8-11(16)9-5-4-6-10(14)7-9/h4-7,11-12,16H,8,15H2,1-3H3/t11-,12-/m1/s1. The van der Waals surface area contributed by atoms with Gasteiger partial charge in [-0.25, -0.2) is 0 Å². The van der Waals surface area contributed by atoms with Crippen molar-refractivity contribution in [1.29, 1.82) is 0 Å². The van der Waals surface area contributed by atoms with E-state index in [1.165, 1.54) is 0 Å². The number of rotatable bonds is 3. The molecule has 0 heterocycles. The van der Waals surface area contributed by atoms with Crippen LogP contribution in [0.3, 0.4) is 0 Å². The Labute approximate surface area is 102 Å². The number of hydrogen-bond acceptors (Lipinski definition) is 2. The Morgan fingerprint density at radius 1 is 1.38 bits per heavy atom. The summed E-state index contributed by atoms with van der Waals surface area (Å²) in [6.45, 7) is 6.22. The monoisotopic (exact) mass is 241 g/mol. The minimum Gasteiger partial charge on any atom is -0.388 e. The zero-order chi connectivity index (χ0) is 12.3. The highest BCUT2D eigenvalue weighted by Crippen LogP contribution is 2.27. The molecule has 3 heteroatoms. The van der Waals surface area contributed by atoms with Crippen LogP contribution in [0.1, 0.15) is 38.9 Å². The van der Waals surface area contributed by atoms with E-state index in [9.17, 15) is 5.11 Å². The van der Waals surface area contributed by atoms with E-state index in [2.05, 4.69) is 20.8 Å². The fraction of sp³-hybridized carbons (Fsp3) is 0.538. The van der Waals surface area contributed by atoms with Gasteiger partial charge in [0.15, 0.2) is 0 Å². The molecule has 0 saturated heterocycles. The Morgan fingerprint density at radius 2 is 2.00 bits per heavy atom. The molecule has 1 aromatic carbocycles. The molecule has 16 heavy (non-hydrogen) atoms. The highest BCUT2D eigenvalue weighted by Gasteiger charge is 2.23. The summed E-state index contributed by atoms with van der Waals surface area (Å²) in [6.07, 6.45) is -0.00274. The molecule has 0 radical (unpaired) electrons. The smallest absolute Gasteiger partial charge is 0.0805 e. The second-order valence-corrected chi connectivity index (χ2v) is 5.72.